The Hall–Kier alpha value is -1.09. The maximum absolute atomic E-state index is 10.8. The van der Waals surface area contributed by atoms with Crippen LogP contribution in [0.25, 0.3) is 0 Å². The molecule has 1 rings (SSSR count). The number of hydrogen-bond donors (Lipinski definition) is 2. The van der Waals surface area contributed by atoms with Gasteiger partial charge in [-0.15, -0.1) is 0 Å². The van der Waals surface area contributed by atoms with Crippen molar-refractivity contribution < 1.29 is 15.0 Å². The van der Waals surface area contributed by atoms with Gasteiger partial charge in [0.25, 0.3) is 0 Å². The maximum atomic E-state index is 10.8. The van der Waals surface area contributed by atoms with Crippen molar-refractivity contribution in [1.82, 2.24) is 0 Å². The molecule has 17 heavy (non-hydrogen) atoms. The summed E-state index contributed by atoms with van der Waals surface area (Å²) in [6.45, 7) is 6.17. The minimum atomic E-state index is -0.974. The van der Waals surface area contributed by atoms with E-state index < -0.39 is 11.6 Å². The molecule has 2 atom stereocenters. The summed E-state index contributed by atoms with van der Waals surface area (Å²) in [5, 5.41) is 19.3. The van der Waals surface area contributed by atoms with Crippen molar-refractivity contribution in [2.75, 3.05) is 0 Å². The van der Waals surface area contributed by atoms with Crippen LogP contribution in [0.5, 0.6) is 0 Å². The molecule has 2 unspecified atom stereocenters. The highest BCUT2D eigenvalue weighted by molar-refractivity contribution is 5.80. The number of allylic oxidation sites excluding steroid dienone is 2. The molecule has 1 aliphatic rings. The van der Waals surface area contributed by atoms with Crippen molar-refractivity contribution in [3.63, 3.8) is 0 Å². The van der Waals surface area contributed by atoms with Crippen molar-refractivity contribution in [3.05, 3.63) is 24.3 Å². The lowest BCUT2D eigenvalue weighted by Gasteiger charge is -2.49. The zero-order valence-corrected chi connectivity index (χ0v) is 10.8. The number of hydrogen-bond acceptors (Lipinski definition) is 2. The molecule has 0 aliphatic heterocycles. The standard InChI is InChI=1S/C14H22O3/c1-11-7-6-9-13(2,3)14(11,17)10-5-4-8-12(15)16/h4-5,8,10-11,17H,6-7,9H2,1-3H3,(H,15,16)/b8-4-,10-5+. The first kappa shape index (κ1) is 14.0. The number of carbonyl (C=O) groups is 1. The number of aliphatic carboxylic acids is 1. The van der Waals surface area contributed by atoms with Gasteiger partial charge >= 0.3 is 5.97 Å². The number of rotatable bonds is 3. The zero-order chi connectivity index (χ0) is 13.1. The summed E-state index contributed by atoms with van der Waals surface area (Å²) in [4.78, 5) is 10.3. The van der Waals surface area contributed by atoms with Crippen LogP contribution in [0.2, 0.25) is 0 Å². The van der Waals surface area contributed by atoms with Gasteiger partial charge in [0.05, 0.1) is 5.60 Å². The molecule has 0 heterocycles. The van der Waals surface area contributed by atoms with E-state index in [-0.39, 0.29) is 11.3 Å². The Balaban J connectivity index is 2.86. The lowest BCUT2D eigenvalue weighted by atomic mass is 9.60. The molecule has 3 nitrogen and oxygen atoms in total. The molecule has 2 N–H and O–H groups in total. The van der Waals surface area contributed by atoms with Crippen LogP contribution in [0.1, 0.15) is 40.0 Å². The van der Waals surface area contributed by atoms with Crippen LogP contribution in [0, 0.1) is 11.3 Å². The Morgan fingerprint density at radius 3 is 2.53 bits per heavy atom. The number of aliphatic hydroxyl groups is 1. The van der Waals surface area contributed by atoms with E-state index in [9.17, 15) is 9.90 Å². The topological polar surface area (TPSA) is 57.5 Å². The third-order valence-electron chi connectivity index (χ3n) is 3.97. The van der Waals surface area contributed by atoms with E-state index in [1.54, 1.807) is 12.2 Å². The molecule has 96 valence electrons. The minimum Gasteiger partial charge on any atom is -0.478 e. The van der Waals surface area contributed by atoms with E-state index in [2.05, 4.69) is 13.8 Å². The lowest BCUT2D eigenvalue weighted by molar-refractivity contribution is -0.131. The first-order valence-electron chi connectivity index (χ1n) is 6.11. The summed E-state index contributed by atoms with van der Waals surface area (Å²) in [6.07, 6.45) is 9.04. The van der Waals surface area contributed by atoms with Crippen LogP contribution in [-0.2, 0) is 4.79 Å². The molecule has 1 fully saturated rings. The average molecular weight is 238 g/mol. The normalized spacial score (nSPS) is 33.3. The highest BCUT2D eigenvalue weighted by atomic mass is 16.4. The molecule has 1 saturated carbocycles. The second-order valence-electron chi connectivity index (χ2n) is 5.56. The highest BCUT2D eigenvalue weighted by Crippen LogP contribution is 2.47. The Morgan fingerprint density at radius 1 is 1.35 bits per heavy atom. The summed E-state index contributed by atoms with van der Waals surface area (Å²) in [6, 6.07) is 0. The van der Waals surface area contributed by atoms with Gasteiger partial charge in [0.1, 0.15) is 0 Å². The Kier molecular flexibility index (Phi) is 4.15. The molecule has 0 aromatic carbocycles. The van der Waals surface area contributed by atoms with Gasteiger partial charge in [-0.3, -0.25) is 0 Å². The largest absolute Gasteiger partial charge is 0.478 e. The van der Waals surface area contributed by atoms with Gasteiger partial charge in [-0.25, -0.2) is 4.79 Å². The van der Waals surface area contributed by atoms with Crippen LogP contribution in [0.4, 0.5) is 0 Å². The van der Waals surface area contributed by atoms with Crippen LogP contribution < -0.4 is 0 Å². The molecule has 0 aromatic rings. The third kappa shape index (κ3) is 2.97. The van der Waals surface area contributed by atoms with Gasteiger partial charge in [-0.1, -0.05) is 45.4 Å². The van der Waals surface area contributed by atoms with Crippen LogP contribution in [0.3, 0.4) is 0 Å². The summed E-state index contributed by atoms with van der Waals surface area (Å²) < 4.78 is 0. The molecule has 0 radical (unpaired) electrons. The van der Waals surface area contributed by atoms with Crippen molar-refractivity contribution in [2.45, 2.75) is 45.6 Å². The second-order valence-corrected chi connectivity index (χ2v) is 5.56. The van der Waals surface area contributed by atoms with E-state index in [1.807, 2.05) is 6.92 Å². The molecule has 0 aromatic heterocycles. The smallest absolute Gasteiger partial charge is 0.328 e. The van der Waals surface area contributed by atoms with Gasteiger partial charge < -0.3 is 10.2 Å². The van der Waals surface area contributed by atoms with E-state index in [0.717, 1.165) is 25.3 Å². The predicted molar refractivity (Wildman–Crippen MR) is 67.7 cm³/mol. The fourth-order valence-electron chi connectivity index (χ4n) is 2.67. The van der Waals surface area contributed by atoms with Crippen LogP contribution in [-0.4, -0.2) is 21.8 Å². The monoisotopic (exact) mass is 238 g/mol. The highest BCUT2D eigenvalue weighted by Gasteiger charge is 2.47. The number of carboxylic acids is 1. The van der Waals surface area contributed by atoms with Crippen molar-refractivity contribution in [3.8, 4) is 0 Å². The van der Waals surface area contributed by atoms with Gasteiger partial charge in [0.15, 0.2) is 0 Å². The van der Waals surface area contributed by atoms with Gasteiger partial charge in [0, 0.05) is 6.08 Å². The van der Waals surface area contributed by atoms with Crippen molar-refractivity contribution in [1.29, 1.82) is 0 Å². The third-order valence-corrected chi connectivity index (χ3v) is 3.97. The van der Waals surface area contributed by atoms with Crippen LogP contribution >= 0.6 is 0 Å². The lowest BCUT2D eigenvalue weighted by Crippen LogP contribution is -2.50. The molecule has 0 amide bonds. The summed E-state index contributed by atoms with van der Waals surface area (Å²) >= 11 is 0. The van der Waals surface area contributed by atoms with E-state index >= 15 is 0 Å². The van der Waals surface area contributed by atoms with E-state index in [1.165, 1.54) is 6.08 Å². The van der Waals surface area contributed by atoms with E-state index in [4.69, 9.17) is 5.11 Å². The van der Waals surface area contributed by atoms with Crippen molar-refractivity contribution in [2.24, 2.45) is 11.3 Å². The second kappa shape index (κ2) is 5.05. The van der Waals surface area contributed by atoms with Gasteiger partial charge in [-0.2, -0.15) is 0 Å². The molecule has 0 bridgehead atoms. The quantitative estimate of drug-likeness (QED) is 0.587. The van der Waals surface area contributed by atoms with Crippen LogP contribution in [0.15, 0.2) is 24.3 Å². The Morgan fingerprint density at radius 2 is 2.00 bits per heavy atom. The predicted octanol–water partition coefficient (Wildman–Crippen LogP) is 2.76. The SMILES string of the molecule is CC1CCCC(C)(C)C1(O)/C=C/C=C\C(=O)O. The average Bonchev–Trinajstić information content (AvgIpc) is 2.21. The van der Waals surface area contributed by atoms with Crippen molar-refractivity contribution >= 4 is 5.97 Å². The Labute approximate surface area is 103 Å². The van der Waals surface area contributed by atoms with Gasteiger partial charge in [0.2, 0.25) is 0 Å². The van der Waals surface area contributed by atoms with Gasteiger partial charge in [-0.05, 0) is 24.2 Å². The summed E-state index contributed by atoms with van der Waals surface area (Å²) in [5.41, 5.74) is -1.02. The fraction of sp³-hybridized carbons (Fsp3) is 0.643. The zero-order valence-electron chi connectivity index (χ0n) is 10.8. The molecular weight excluding hydrogens is 216 g/mol. The summed E-state index contributed by atoms with van der Waals surface area (Å²) in [5.74, 6) is -0.779. The van der Waals surface area contributed by atoms with E-state index in [0.29, 0.717) is 0 Å². The first-order chi connectivity index (χ1) is 7.79. The number of carboxylic acid groups (broad SMARTS) is 1. The molecule has 0 spiro atoms. The first-order valence-corrected chi connectivity index (χ1v) is 6.11. The Bertz CT molecular complexity index is 341. The molecule has 3 heteroatoms. The molecule has 1 aliphatic carbocycles. The maximum Gasteiger partial charge on any atom is 0.328 e. The fourth-order valence-corrected chi connectivity index (χ4v) is 2.67. The summed E-state index contributed by atoms with van der Waals surface area (Å²) in [7, 11) is 0. The molecule has 0 saturated heterocycles. The minimum absolute atomic E-state index is 0.168. The molecular formula is C14H22O3.